The van der Waals surface area contributed by atoms with Crippen molar-refractivity contribution in [3.8, 4) is 5.75 Å². The summed E-state index contributed by atoms with van der Waals surface area (Å²) in [7, 11) is 1.65. The van der Waals surface area contributed by atoms with Crippen molar-refractivity contribution in [2.75, 3.05) is 20.2 Å². The van der Waals surface area contributed by atoms with Crippen LogP contribution in [-0.4, -0.2) is 45.8 Å². The Morgan fingerprint density at radius 1 is 1.33 bits per heavy atom. The van der Waals surface area contributed by atoms with E-state index in [4.69, 9.17) is 4.74 Å². The van der Waals surface area contributed by atoms with Gasteiger partial charge in [-0.05, 0) is 44.2 Å². The average Bonchev–Trinajstić information content (AvgIpc) is 3.41. The molecule has 1 saturated heterocycles. The predicted octanol–water partition coefficient (Wildman–Crippen LogP) is 3.42. The van der Waals surface area contributed by atoms with E-state index in [0.717, 1.165) is 48.6 Å². The molecule has 4 rings (SSSR count). The fourth-order valence-electron chi connectivity index (χ4n) is 5.08. The summed E-state index contributed by atoms with van der Waals surface area (Å²) in [5.41, 5.74) is 1.79. The molecule has 2 heterocycles. The van der Waals surface area contributed by atoms with E-state index in [1.54, 1.807) is 7.11 Å². The first-order chi connectivity index (χ1) is 13.1. The maximum Gasteiger partial charge on any atom is 0.254 e. The molecular weight excluding hydrogens is 340 g/mol. The third-order valence-corrected chi connectivity index (χ3v) is 6.57. The molecular formula is C21H28N4O2. The molecule has 1 aromatic heterocycles. The summed E-state index contributed by atoms with van der Waals surface area (Å²) in [6, 6.07) is 5.70. The largest absolute Gasteiger partial charge is 0.496 e. The molecule has 0 radical (unpaired) electrons. The molecule has 2 aliphatic rings. The van der Waals surface area contributed by atoms with Crippen LogP contribution in [0.5, 0.6) is 5.75 Å². The third-order valence-electron chi connectivity index (χ3n) is 6.57. The molecule has 6 heteroatoms. The smallest absolute Gasteiger partial charge is 0.254 e. The van der Waals surface area contributed by atoms with E-state index in [9.17, 15) is 4.79 Å². The van der Waals surface area contributed by atoms with Gasteiger partial charge in [-0.15, -0.1) is 10.2 Å². The number of aromatic nitrogens is 3. The molecule has 6 nitrogen and oxygen atoms in total. The molecule has 1 atom stereocenters. The maximum absolute atomic E-state index is 13.4. The molecule has 1 spiro atoms. The van der Waals surface area contributed by atoms with E-state index in [2.05, 4.69) is 21.7 Å². The number of methoxy groups -OCH3 is 1. The fourth-order valence-corrected chi connectivity index (χ4v) is 5.08. The van der Waals surface area contributed by atoms with Crippen molar-refractivity contribution in [3.63, 3.8) is 0 Å². The first-order valence-corrected chi connectivity index (χ1v) is 9.90. The molecule has 144 valence electrons. The van der Waals surface area contributed by atoms with Crippen molar-refractivity contribution in [2.45, 2.75) is 52.0 Å². The minimum atomic E-state index is 0.0998. The van der Waals surface area contributed by atoms with E-state index in [1.165, 1.54) is 12.8 Å². The van der Waals surface area contributed by atoms with Crippen molar-refractivity contribution < 1.29 is 9.53 Å². The molecule has 2 aromatic rings. The topological polar surface area (TPSA) is 60.2 Å². The van der Waals surface area contributed by atoms with Gasteiger partial charge in [0.2, 0.25) is 0 Å². The minimum Gasteiger partial charge on any atom is -0.496 e. The number of carbonyl (C=O) groups is 1. The Balaban J connectivity index is 1.67. The van der Waals surface area contributed by atoms with Crippen LogP contribution >= 0.6 is 0 Å². The van der Waals surface area contributed by atoms with Gasteiger partial charge in [0, 0.05) is 36.7 Å². The number of benzene rings is 1. The van der Waals surface area contributed by atoms with E-state index < -0.39 is 0 Å². The lowest BCUT2D eigenvalue weighted by atomic mass is 9.76. The van der Waals surface area contributed by atoms with E-state index in [1.807, 2.05) is 36.4 Å². The summed E-state index contributed by atoms with van der Waals surface area (Å²) >= 11 is 0. The van der Waals surface area contributed by atoms with E-state index in [-0.39, 0.29) is 17.2 Å². The predicted molar refractivity (Wildman–Crippen MR) is 103 cm³/mol. The van der Waals surface area contributed by atoms with Gasteiger partial charge in [-0.25, -0.2) is 0 Å². The molecule has 0 bridgehead atoms. The Morgan fingerprint density at radius 3 is 2.81 bits per heavy atom. The Kier molecular flexibility index (Phi) is 4.66. The Labute approximate surface area is 160 Å². The van der Waals surface area contributed by atoms with Gasteiger partial charge in [-0.1, -0.05) is 18.9 Å². The van der Waals surface area contributed by atoms with Crippen molar-refractivity contribution in [1.29, 1.82) is 0 Å². The van der Waals surface area contributed by atoms with Gasteiger partial charge in [0.25, 0.3) is 5.91 Å². The zero-order valence-electron chi connectivity index (χ0n) is 16.4. The van der Waals surface area contributed by atoms with Crippen LogP contribution in [0.4, 0.5) is 0 Å². The number of aryl methyl sites for hydroxylation is 1. The summed E-state index contributed by atoms with van der Waals surface area (Å²) in [6.07, 6.45) is 6.60. The highest BCUT2D eigenvalue weighted by Crippen LogP contribution is 2.53. The molecule has 1 saturated carbocycles. The second-order valence-corrected chi connectivity index (χ2v) is 7.92. The summed E-state index contributed by atoms with van der Waals surface area (Å²) in [6.45, 7) is 6.46. The van der Waals surface area contributed by atoms with Crippen LogP contribution in [0.3, 0.4) is 0 Å². The Hall–Kier alpha value is -2.37. The number of hydrogen-bond donors (Lipinski definition) is 0. The van der Waals surface area contributed by atoms with E-state index in [0.29, 0.717) is 6.54 Å². The summed E-state index contributed by atoms with van der Waals surface area (Å²) in [5.74, 6) is 2.16. The van der Waals surface area contributed by atoms with Crippen LogP contribution < -0.4 is 4.74 Å². The lowest BCUT2D eigenvalue weighted by Gasteiger charge is -2.29. The number of hydrogen-bond acceptors (Lipinski definition) is 4. The average molecular weight is 368 g/mol. The summed E-state index contributed by atoms with van der Waals surface area (Å²) in [4.78, 5) is 15.4. The monoisotopic (exact) mass is 368 g/mol. The fraction of sp³-hybridized carbons (Fsp3) is 0.571. The standard InChI is InChI=1S/C21H28N4O2/c1-4-24-14-22-23-19(24)17-12-25(13-21(17)10-5-6-11-21)20(26)16-8-7-9-18(27-3)15(16)2/h7-9,14,17H,4-6,10-13H2,1-3H3. The van der Waals surface area contributed by atoms with Gasteiger partial charge in [-0.3, -0.25) is 4.79 Å². The van der Waals surface area contributed by atoms with Crippen LogP contribution in [0.15, 0.2) is 24.5 Å². The first-order valence-electron chi connectivity index (χ1n) is 9.90. The number of nitrogens with zero attached hydrogens (tertiary/aromatic N) is 4. The van der Waals surface area contributed by atoms with Crippen molar-refractivity contribution >= 4 is 5.91 Å². The molecule has 1 aliphatic carbocycles. The summed E-state index contributed by atoms with van der Waals surface area (Å²) in [5, 5.41) is 8.60. The molecule has 1 aliphatic heterocycles. The quantitative estimate of drug-likeness (QED) is 0.830. The number of likely N-dealkylation sites (tertiary alicyclic amines) is 1. The molecule has 1 aromatic carbocycles. The number of rotatable bonds is 4. The highest BCUT2D eigenvalue weighted by Gasteiger charge is 2.51. The minimum absolute atomic E-state index is 0.0998. The normalized spacial score (nSPS) is 21.1. The number of amides is 1. The van der Waals surface area contributed by atoms with Gasteiger partial charge < -0.3 is 14.2 Å². The van der Waals surface area contributed by atoms with Crippen molar-refractivity contribution in [3.05, 3.63) is 41.5 Å². The van der Waals surface area contributed by atoms with Crippen LogP contribution in [0.1, 0.15) is 60.3 Å². The van der Waals surface area contributed by atoms with Gasteiger partial charge in [0.1, 0.15) is 17.9 Å². The van der Waals surface area contributed by atoms with Gasteiger partial charge >= 0.3 is 0 Å². The SMILES string of the molecule is CCn1cnnc1C1CN(C(=O)c2cccc(OC)c2C)CC12CCCC2. The van der Waals surface area contributed by atoms with Crippen LogP contribution in [0.25, 0.3) is 0 Å². The third kappa shape index (κ3) is 2.91. The maximum atomic E-state index is 13.4. The molecule has 1 unspecified atom stereocenters. The molecule has 2 fully saturated rings. The molecule has 27 heavy (non-hydrogen) atoms. The van der Waals surface area contributed by atoms with Crippen LogP contribution in [0.2, 0.25) is 0 Å². The van der Waals surface area contributed by atoms with Gasteiger partial charge in [0.05, 0.1) is 7.11 Å². The highest BCUT2D eigenvalue weighted by atomic mass is 16.5. The molecule has 1 amide bonds. The number of carbonyl (C=O) groups excluding carboxylic acids is 1. The lowest BCUT2D eigenvalue weighted by Crippen LogP contribution is -2.31. The van der Waals surface area contributed by atoms with Crippen molar-refractivity contribution in [1.82, 2.24) is 19.7 Å². The second kappa shape index (κ2) is 6.98. The second-order valence-electron chi connectivity index (χ2n) is 7.92. The van der Waals surface area contributed by atoms with Crippen molar-refractivity contribution in [2.24, 2.45) is 5.41 Å². The lowest BCUT2D eigenvalue weighted by molar-refractivity contribution is 0.0772. The first kappa shape index (κ1) is 18.0. The Morgan fingerprint density at radius 2 is 2.11 bits per heavy atom. The van der Waals surface area contributed by atoms with Crippen LogP contribution in [0, 0.1) is 12.3 Å². The number of ether oxygens (including phenoxy) is 1. The van der Waals surface area contributed by atoms with Crippen LogP contribution in [-0.2, 0) is 6.54 Å². The van der Waals surface area contributed by atoms with Gasteiger partial charge in [-0.2, -0.15) is 0 Å². The summed E-state index contributed by atoms with van der Waals surface area (Å²) < 4.78 is 7.54. The molecule has 0 N–H and O–H groups in total. The zero-order chi connectivity index (χ0) is 19.0. The zero-order valence-corrected chi connectivity index (χ0v) is 16.4. The highest BCUT2D eigenvalue weighted by molar-refractivity contribution is 5.96. The van der Waals surface area contributed by atoms with Gasteiger partial charge in [0.15, 0.2) is 0 Å². The Bertz CT molecular complexity index is 838. The van der Waals surface area contributed by atoms with E-state index >= 15 is 0 Å².